The number of furan rings is 1. The van der Waals surface area contributed by atoms with Gasteiger partial charge in [-0.3, -0.25) is 0 Å². The number of ether oxygens (including phenoxy) is 1. The third-order valence-corrected chi connectivity index (χ3v) is 3.99. The van der Waals surface area contributed by atoms with Gasteiger partial charge in [0.05, 0.1) is 23.7 Å². The number of hydrogen-bond donors (Lipinski definition) is 1. The Morgan fingerprint density at radius 1 is 1.08 bits per heavy atom. The monoisotopic (exact) mass is 355 g/mol. The molecule has 128 valence electrons. The van der Waals surface area contributed by atoms with Crippen molar-refractivity contribution in [3.8, 4) is 11.3 Å². The van der Waals surface area contributed by atoms with Gasteiger partial charge in [0.2, 0.25) is 0 Å². The standard InChI is InChI=1S/C20H18ClNO3/c1-2-24-20(23)14-7-9-15(10-8-14)22-13-16-11-12-19(25-16)17-5-3-4-6-18(17)21/h3-12,22H,2,13H2,1H3. The maximum atomic E-state index is 11.6. The van der Waals surface area contributed by atoms with Crippen molar-refractivity contribution in [1.29, 1.82) is 0 Å². The van der Waals surface area contributed by atoms with E-state index in [0.29, 0.717) is 23.7 Å². The SMILES string of the molecule is CCOC(=O)c1ccc(NCc2ccc(-c3ccccc3Cl)o2)cc1. The number of nitrogens with one attached hydrogen (secondary N) is 1. The van der Waals surface area contributed by atoms with Crippen LogP contribution in [0.5, 0.6) is 0 Å². The van der Waals surface area contributed by atoms with Crippen LogP contribution in [-0.2, 0) is 11.3 Å². The molecule has 1 aromatic heterocycles. The summed E-state index contributed by atoms with van der Waals surface area (Å²) in [6, 6.07) is 18.5. The average Bonchev–Trinajstić information content (AvgIpc) is 3.10. The Hall–Kier alpha value is -2.72. The molecule has 1 heterocycles. The summed E-state index contributed by atoms with van der Waals surface area (Å²) in [6.45, 7) is 2.68. The van der Waals surface area contributed by atoms with Crippen LogP contribution in [0.2, 0.25) is 5.02 Å². The van der Waals surface area contributed by atoms with Crippen LogP contribution in [-0.4, -0.2) is 12.6 Å². The normalized spacial score (nSPS) is 10.5. The minimum atomic E-state index is -0.315. The third-order valence-electron chi connectivity index (χ3n) is 3.66. The van der Waals surface area contributed by atoms with E-state index < -0.39 is 0 Å². The Kier molecular flexibility index (Phi) is 5.41. The molecule has 25 heavy (non-hydrogen) atoms. The lowest BCUT2D eigenvalue weighted by molar-refractivity contribution is 0.0526. The first-order valence-electron chi connectivity index (χ1n) is 8.02. The van der Waals surface area contributed by atoms with Gasteiger partial charge in [-0.2, -0.15) is 0 Å². The Morgan fingerprint density at radius 3 is 2.56 bits per heavy atom. The number of carbonyl (C=O) groups is 1. The quantitative estimate of drug-likeness (QED) is 0.602. The van der Waals surface area contributed by atoms with Crippen LogP contribution in [0.1, 0.15) is 23.0 Å². The summed E-state index contributed by atoms with van der Waals surface area (Å²) in [5.41, 5.74) is 2.30. The van der Waals surface area contributed by atoms with Crippen molar-refractivity contribution in [2.45, 2.75) is 13.5 Å². The van der Waals surface area contributed by atoms with Crippen LogP contribution in [0.3, 0.4) is 0 Å². The summed E-state index contributed by atoms with van der Waals surface area (Å²) in [5, 5.41) is 3.92. The van der Waals surface area contributed by atoms with Crippen LogP contribution >= 0.6 is 11.6 Å². The van der Waals surface area contributed by atoms with Crippen molar-refractivity contribution in [2.24, 2.45) is 0 Å². The first-order valence-corrected chi connectivity index (χ1v) is 8.40. The van der Waals surface area contributed by atoms with Crippen LogP contribution in [0, 0.1) is 0 Å². The van der Waals surface area contributed by atoms with E-state index in [2.05, 4.69) is 5.32 Å². The molecule has 0 saturated heterocycles. The second-order valence-electron chi connectivity index (χ2n) is 5.40. The van der Waals surface area contributed by atoms with Gasteiger partial charge in [0.15, 0.2) is 0 Å². The highest BCUT2D eigenvalue weighted by atomic mass is 35.5. The molecule has 0 amide bonds. The predicted molar refractivity (Wildman–Crippen MR) is 98.9 cm³/mol. The van der Waals surface area contributed by atoms with E-state index in [1.165, 1.54) is 0 Å². The fraction of sp³-hybridized carbons (Fsp3) is 0.150. The topological polar surface area (TPSA) is 51.5 Å². The highest BCUT2D eigenvalue weighted by molar-refractivity contribution is 6.33. The lowest BCUT2D eigenvalue weighted by Gasteiger charge is -2.06. The zero-order valence-electron chi connectivity index (χ0n) is 13.8. The summed E-state index contributed by atoms with van der Waals surface area (Å²) in [6.07, 6.45) is 0. The molecule has 0 fully saturated rings. The molecule has 3 rings (SSSR count). The number of benzene rings is 2. The summed E-state index contributed by atoms with van der Waals surface area (Å²) >= 11 is 6.19. The minimum absolute atomic E-state index is 0.315. The van der Waals surface area contributed by atoms with Gasteiger partial charge in [-0.25, -0.2) is 4.79 Å². The maximum absolute atomic E-state index is 11.6. The lowest BCUT2D eigenvalue weighted by Crippen LogP contribution is -2.05. The minimum Gasteiger partial charge on any atom is -0.462 e. The predicted octanol–water partition coefficient (Wildman–Crippen LogP) is 5.39. The Morgan fingerprint density at radius 2 is 1.84 bits per heavy atom. The van der Waals surface area contributed by atoms with E-state index in [1.54, 1.807) is 19.1 Å². The number of carbonyl (C=O) groups excluding carboxylic acids is 1. The molecule has 0 saturated carbocycles. The highest BCUT2D eigenvalue weighted by Gasteiger charge is 2.09. The molecule has 1 N–H and O–H groups in total. The molecule has 0 spiro atoms. The Labute approximate surface area is 151 Å². The molecule has 0 aliphatic rings. The third kappa shape index (κ3) is 4.22. The molecule has 0 bridgehead atoms. The Bertz CT molecular complexity index is 855. The van der Waals surface area contributed by atoms with E-state index in [9.17, 15) is 4.79 Å². The number of rotatable bonds is 6. The molecule has 0 atom stereocenters. The fourth-order valence-electron chi connectivity index (χ4n) is 2.41. The maximum Gasteiger partial charge on any atom is 0.338 e. The van der Waals surface area contributed by atoms with E-state index in [1.807, 2.05) is 48.5 Å². The van der Waals surface area contributed by atoms with Crippen molar-refractivity contribution >= 4 is 23.3 Å². The summed E-state index contributed by atoms with van der Waals surface area (Å²) in [4.78, 5) is 11.6. The van der Waals surface area contributed by atoms with Gasteiger partial charge < -0.3 is 14.5 Å². The number of esters is 1. The van der Waals surface area contributed by atoms with E-state index in [4.69, 9.17) is 20.8 Å². The summed E-state index contributed by atoms with van der Waals surface area (Å²) in [5.74, 6) is 1.22. The van der Waals surface area contributed by atoms with E-state index in [0.717, 1.165) is 22.8 Å². The number of hydrogen-bond acceptors (Lipinski definition) is 4. The van der Waals surface area contributed by atoms with E-state index >= 15 is 0 Å². The summed E-state index contributed by atoms with van der Waals surface area (Å²) < 4.78 is 10.8. The van der Waals surface area contributed by atoms with E-state index in [-0.39, 0.29) is 5.97 Å². The number of halogens is 1. The van der Waals surface area contributed by atoms with Gasteiger partial charge >= 0.3 is 5.97 Å². The van der Waals surface area contributed by atoms with Gasteiger partial charge in [-0.05, 0) is 55.5 Å². The molecular formula is C20H18ClNO3. The van der Waals surface area contributed by atoms with Crippen molar-refractivity contribution in [3.05, 3.63) is 77.0 Å². The van der Waals surface area contributed by atoms with Crippen molar-refractivity contribution in [1.82, 2.24) is 0 Å². The fourth-order valence-corrected chi connectivity index (χ4v) is 2.64. The smallest absolute Gasteiger partial charge is 0.338 e. The second kappa shape index (κ2) is 7.90. The van der Waals surface area contributed by atoms with Gasteiger partial charge in [0, 0.05) is 11.3 Å². The van der Waals surface area contributed by atoms with Crippen LogP contribution in [0.4, 0.5) is 5.69 Å². The second-order valence-corrected chi connectivity index (χ2v) is 5.80. The molecule has 0 radical (unpaired) electrons. The van der Waals surface area contributed by atoms with Gasteiger partial charge in [-0.1, -0.05) is 23.7 Å². The molecule has 4 nitrogen and oxygen atoms in total. The van der Waals surface area contributed by atoms with Crippen molar-refractivity contribution < 1.29 is 13.9 Å². The van der Waals surface area contributed by atoms with Gasteiger partial charge in [-0.15, -0.1) is 0 Å². The molecule has 0 unspecified atom stereocenters. The highest BCUT2D eigenvalue weighted by Crippen LogP contribution is 2.29. The molecule has 0 aliphatic carbocycles. The zero-order valence-corrected chi connectivity index (χ0v) is 14.5. The van der Waals surface area contributed by atoms with Crippen molar-refractivity contribution in [2.75, 3.05) is 11.9 Å². The first-order chi connectivity index (χ1) is 12.2. The molecule has 0 aliphatic heterocycles. The first kappa shape index (κ1) is 17.1. The van der Waals surface area contributed by atoms with Crippen LogP contribution in [0.15, 0.2) is 65.1 Å². The van der Waals surface area contributed by atoms with Gasteiger partial charge in [0.1, 0.15) is 11.5 Å². The zero-order chi connectivity index (χ0) is 17.6. The molecule has 3 aromatic rings. The molecule has 2 aromatic carbocycles. The molecular weight excluding hydrogens is 338 g/mol. The Balaban J connectivity index is 1.63. The summed E-state index contributed by atoms with van der Waals surface area (Å²) in [7, 11) is 0. The molecule has 5 heteroatoms. The van der Waals surface area contributed by atoms with Crippen LogP contribution in [0.25, 0.3) is 11.3 Å². The average molecular weight is 356 g/mol. The van der Waals surface area contributed by atoms with Gasteiger partial charge in [0.25, 0.3) is 0 Å². The van der Waals surface area contributed by atoms with Crippen LogP contribution < -0.4 is 5.32 Å². The largest absolute Gasteiger partial charge is 0.462 e. The lowest BCUT2D eigenvalue weighted by atomic mass is 10.2. The number of anilines is 1. The van der Waals surface area contributed by atoms with Crippen molar-refractivity contribution in [3.63, 3.8) is 0 Å².